The molecule has 1 aliphatic heterocycles. The quantitative estimate of drug-likeness (QED) is 0.660. The highest BCUT2D eigenvalue weighted by molar-refractivity contribution is 7.89. The molecule has 1 heterocycles. The first-order valence-electron chi connectivity index (χ1n) is 6.17. The van der Waals surface area contributed by atoms with Gasteiger partial charge >= 0.3 is 5.97 Å². The van der Waals surface area contributed by atoms with Crippen LogP contribution >= 0.6 is 0 Å². The van der Waals surface area contributed by atoms with Gasteiger partial charge in [0, 0.05) is 25.1 Å². The Morgan fingerprint density at radius 3 is 2.52 bits per heavy atom. The van der Waals surface area contributed by atoms with Crippen LogP contribution in [0.15, 0.2) is 35.2 Å². The number of amides is 1. The molecule has 8 heteroatoms. The highest BCUT2D eigenvalue weighted by Crippen LogP contribution is 2.13. The van der Waals surface area contributed by atoms with Gasteiger partial charge < -0.3 is 10.4 Å². The highest BCUT2D eigenvalue weighted by atomic mass is 32.2. The number of carbonyl (C=O) groups is 2. The zero-order valence-electron chi connectivity index (χ0n) is 10.9. The number of benzene rings is 1. The second-order valence-electron chi connectivity index (χ2n) is 4.57. The van der Waals surface area contributed by atoms with E-state index in [0.717, 1.165) is 6.08 Å². The number of carbonyl (C=O) groups excluding carboxylic acids is 1. The summed E-state index contributed by atoms with van der Waals surface area (Å²) < 4.78 is 26.7. The molecule has 0 aliphatic carbocycles. The molecular weight excluding hydrogens is 296 g/mol. The van der Waals surface area contributed by atoms with Crippen molar-refractivity contribution in [3.63, 3.8) is 0 Å². The van der Waals surface area contributed by atoms with Crippen LogP contribution in [0.2, 0.25) is 0 Å². The lowest BCUT2D eigenvalue weighted by Gasteiger charge is -2.11. The second-order valence-corrected chi connectivity index (χ2v) is 6.28. The number of carboxylic acid groups (broad SMARTS) is 1. The van der Waals surface area contributed by atoms with Crippen molar-refractivity contribution < 1.29 is 23.1 Å². The molecule has 1 saturated heterocycles. The maximum Gasteiger partial charge on any atom is 0.328 e. The van der Waals surface area contributed by atoms with E-state index >= 15 is 0 Å². The predicted octanol–water partition coefficient (Wildman–Crippen LogP) is -0.0488. The van der Waals surface area contributed by atoms with Crippen molar-refractivity contribution in [3.05, 3.63) is 35.9 Å². The molecule has 1 fully saturated rings. The molecule has 7 nitrogen and oxygen atoms in total. The van der Waals surface area contributed by atoms with E-state index in [-0.39, 0.29) is 23.8 Å². The Balaban J connectivity index is 2.09. The SMILES string of the molecule is O=C(O)/C=C/c1ccc(S(=O)(=O)NC2CNC(=O)C2)cc1. The van der Waals surface area contributed by atoms with Crippen LogP contribution in [0.5, 0.6) is 0 Å². The van der Waals surface area contributed by atoms with E-state index in [9.17, 15) is 18.0 Å². The fourth-order valence-corrected chi connectivity index (χ4v) is 3.14. The molecule has 2 rings (SSSR count). The minimum absolute atomic E-state index is 0.0642. The minimum atomic E-state index is -3.70. The van der Waals surface area contributed by atoms with Crippen LogP contribution < -0.4 is 10.0 Å². The molecule has 3 N–H and O–H groups in total. The van der Waals surface area contributed by atoms with Gasteiger partial charge in [0.05, 0.1) is 4.90 Å². The monoisotopic (exact) mass is 310 g/mol. The van der Waals surface area contributed by atoms with Crippen molar-refractivity contribution in [2.75, 3.05) is 6.54 Å². The summed E-state index contributed by atoms with van der Waals surface area (Å²) in [5.74, 6) is -1.26. The molecular formula is C13H14N2O5S. The van der Waals surface area contributed by atoms with Crippen LogP contribution in [-0.2, 0) is 19.6 Å². The Morgan fingerprint density at radius 2 is 2.00 bits per heavy atom. The summed E-state index contributed by atoms with van der Waals surface area (Å²) in [6, 6.07) is 5.33. The average molecular weight is 310 g/mol. The number of aliphatic carboxylic acids is 1. The Hall–Kier alpha value is -2.19. The van der Waals surface area contributed by atoms with Gasteiger partial charge in [-0.15, -0.1) is 0 Å². The smallest absolute Gasteiger partial charge is 0.328 e. The number of hydrogen-bond acceptors (Lipinski definition) is 4. The first kappa shape index (κ1) is 15.2. The third-order valence-electron chi connectivity index (χ3n) is 2.91. The molecule has 1 atom stereocenters. The van der Waals surface area contributed by atoms with Crippen LogP contribution in [0, 0.1) is 0 Å². The topological polar surface area (TPSA) is 113 Å². The van der Waals surface area contributed by atoms with Crippen molar-refractivity contribution in [2.24, 2.45) is 0 Å². The summed E-state index contributed by atoms with van der Waals surface area (Å²) in [5.41, 5.74) is 0.578. The van der Waals surface area contributed by atoms with E-state index in [1.165, 1.54) is 30.3 Å². The van der Waals surface area contributed by atoms with E-state index in [2.05, 4.69) is 10.0 Å². The molecule has 0 aromatic heterocycles. The first-order chi connectivity index (χ1) is 9.87. The van der Waals surface area contributed by atoms with Gasteiger partial charge in [0.15, 0.2) is 0 Å². The minimum Gasteiger partial charge on any atom is -0.478 e. The largest absolute Gasteiger partial charge is 0.478 e. The number of carboxylic acids is 1. The van der Waals surface area contributed by atoms with Crippen molar-refractivity contribution >= 4 is 28.0 Å². The Bertz CT molecular complexity index is 679. The second kappa shape index (κ2) is 6.06. The van der Waals surface area contributed by atoms with Gasteiger partial charge in [-0.1, -0.05) is 12.1 Å². The van der Waals surface area contributed by atoms with Crippen LogP contribution in [0.4, 0.5) is 0 Å². The maximum atomic E-state index is 12.1. The standard InChI is InChI=1S/C13H14N2O5S/c16-12-7-10(8-14-12)15-21(19,20)11-4-1-9(2-5-11)3-6-13(17)18/h1-6,10,15H,7-8H2,(H,14,16)(H,17,18)/b6-3+. The van der Waals surface area contributed by atoms with Crippen molar-refractivity contribution in [1.82, 2.24) is 10.0 Å². The van der Waals surface area contributed by atoms with Gasteiger partial charge in [0.25, 0.3) is 0 Å². The number of rotatable bonds is 5. The van der Waals surface area contributed by atoms with E-state index in [1.807, 2.05) is 0 Å². The molecule has 21 heavy (non-hydrogen) atoms. The molecule has 1 aromatic carbocycles. The summed E-state index contributed by atoms with van der Waals surface area (Å²) in [7, 11) is -3.70. The van der Waals surface area contributed by atoms with Crippen molar-refractivity contribution in [3.8, 4) is 0 Å². The van der Waals surface area contributed by atoms with Crippen LogP contribution in [0.3, 0.4) is 0 Å². The summed E-state index contributed by atoms with van der Waals surface area (Å²) in [4.78, 5) is 21.5. The molecule has 0 bridgehead atoms. The van der Waals surface area contributed by atoms with E-state index in [4.69, 9.17) is 5.11 Å². The number of sulfonamides is 1. The van der Waals surface area contributed by atoms with E-state index < -0.39 is 22.0 Å². The zero-order chi connectivity index (χ0) is 15.5. The Labute approximate surface area is 121 Å². The summed E-state index contributed by atoms with van der Waals surface area (Å²) in [6.45, 7) is 0.275. The van der Waals surface area contributed by atoms with Gasteiger partial charge in [0.1, 0.15) is 0 Å². The van der Waals surface area contributed by atoms with Crippen LogP contribution in [0.1, 0.15) is 12.0 Å². The molecule has 1 unspecified atom stereocenters. The van der Waals surface area contributed by atoms with Crippen LogP contribution in [-0.4, -0.2) is 38.0 Å². The Kier molecular flexibility index (Phi) is 4.39. The number of nitrogens with one attached hydrogen (secondary N) is 2. The number of hydrogen-bond donors (Lipinski definition) is 3. The molecule has 1 amide bonds. The third-order valence-corrected chi connectivity index (χ3v) is 4.44. The average Bonchev–Trinajstić information content (AvgIpc) is 2.81. The predicted molar refractivity (Wildman–Crippen MR) is 74.8 cm³/mol. The van der Waals surface area contributed by atoms with E-state index in [1.54, 1.807) is 0 Å². The molecule has 0 spiro atoms. The van der Waals surface area contributed by atoms with Crippen molar-refractivity contribution in [2.45, 2.75) is 17.4 Å². The van der Waals surface area contributed by atoms with Gasteiger partial charge in [-0.2, -0.15) is 0 Å². The third kappa shape index (κ3) is 4.14. The molecule has 0 radical (unpaired) electrons. The van der Waals surface area contributed by atoms with E-state index in [0.29, 0.717) is 5.56 Å². The lowest BCUT2D eigenvalue weighted by Crippen LogP contribution is -2.36. The van der Waals surface area contributed by atoms with Gasteiger partial charge in [-0.3, -0.25) is 4.79 Å². The molecule has 112 valence electrons. The fourth-order valence-electron chi connectivity index (χ4n) is 1.90. The first-order valence-corrected chi connectivity index (χ1v) is 7.65. The summed E-state index contributed by atoms with van der Waals surface area (Å²) >= 11 is 0. The fraction of sp³-hybridized carbons (Fsp3) is 0.231. The van der Waals surface area contributed by atoms with Gasteiger partial charge in [-0.25, -0.2) is 17.9 Å². The zero-order valence-corrected chi connectivity index (χ0v) is 11.8. The van der Waals surface area contributed by atoms with Crippen molar-refractivity contribution in [1.29, 1.82) is 0 Å². The molecule has 1 aromatic rings. The Morgan fingerprint density at radius 1 is 1.33 bits per heavy atom. The molecule has 1 aliphatic rings. The lowest BCUT2D eigenvalue weighted by atomic mass is 10.2. The normalized spacial score (nSPS) is 18.9. The maximum absolute atomic E-state index is 12.1. The highest BCUT2D eigenvalue weighted by Gasteiger charge is 2.26. The van der Waals surface area contributed by atoms with Crippen LogP contribution in [0.25, 0.3) is 6.08 Å². The molecule has 0 saturated carbocycles. The summed E-state index contributed by atoms with van der Waals surface area (Å²) in [5, 5.41) is 11.1. The lowest BCUT2D eigenvalue weighted by molar-refractivity contribution is -0.131. The van der Waals surface area contributed by atoms with Gasteiger partial charge in [0.2, 0.25) is 15.9 Å². The summed E-state index contributed by atoms with van der Waals surface area (Å²) in [6.07, 6.45) is 2.46. The van der Waals surface area contributed by atoms with Gasteiger partial charge in [-0.05, 0) is 23.8 Å².